The topological polar surface area (TPSA) is 90.3 Å². The van der Waals surface area contributed by atoms with E-state index in [9.17, 15) is 19.8 Å². The molecule has 182 valence electrons. The lowest BCUT2D eigenvalue weighted by molar-refractivity contribution is -0.140. The lowest BCUT2D eigenvalue weighted by Crippen LogP contribution is -2.38. The van der Waals surface area contributed by atoms with Crippen molar-refractivity contribution in [3.05, 3.63) is 62.6 Å². The first-order chi connectivity index (χ1) is 16.1. The molecule has 2 aromatic carbocycles. The highest BCUT2D eigenvalue weighted by Crippen LogP contribution is 2.44. The van der Waals surface area contributed by atoms with Gasteiger partial charge in [-0.15, -0.1) is 0 Å². The van der Waals surface area contributed by atoms with Crippen LogP contribution in [0.15, 0.2) is 40.4 Å². The zero-order valence-corrected chi connectivity index (χ0v) is 21.8. The van der Waals surface area contributed by atoms with Crippen LogP contribution in [0.25, 0.3) is 5.76 Å². The first kappa shape index (κ1) is 25.8. The fraction of sp³-hybridized carbons (Fsp3) is 0.385. The number of ether oxygens (including phenoxy) is 1. The summed E-state index contributed by atoms with van der Waals surface area (Å²) in [5, 5.41) is 21.7. The number of rotatable bonds is 8. The van der Waals surface area contributed by atoms with Gasteiger partial charge < -0.3 is 24.7 Å². The van der Waals surface area contributed by atoms with Gasteiger partial charge in [-0.1, -0.05) is 31.5 Å². The zero-order valence-electron chi connectivity index (χ0n) is 20.2. The number of methoxy groups -OCH3 is 1. The minimum atomic E-state index is -0.832. The number of nitrogens with zero attached hydrogens (tertiary/aromatic N) is 2. The number of likely N-dealkylation sites (tertiary alicyclic amines) is 1. The highest BCUT2D eigenvalue weighted by Gasteiger charge is 2.46. The molecule has 2 aromatic rings. The van der Waals surface area contributed by atoms with Crippen LogP contribution in [0.3, 0.4) is 0 Å². The number of ketones is 1. The van der Waals surface area contributed by atoms with Crippen molar-refractivity contribution in [1.82, 2.24) is 9.80 Å². The van der Waals surface area contributed by atoms with Crippen molar-refractivity contribution in [2.24, 2.45) is 0 Å². The molecule has 1 saturated heterocycles. The van der Waals surface area contributed by atoms with E-state index in [0.29, 0.717) is 28.7 Å². The van der Waals surface area contributed by atoms with Crippen LogP contribution in [0.4, 0.5) is 0 Å². The fourth-order valence-corrected chi connectivity index (χ4v) is 4.75. The average molecular weight is 531 g/mol. The molecular weight excluding hydrogens is 500 g/mol. The second-order valence-corrected chi connectivity index (χ2v) is 9.25. The molecule has 7 nitrogen and oxygen atoms in total. The Hall–Kier alpha value is -2.84. The lowest BCUT2D eigenvalue weighted by Gasteiger charge is -2.28. The maximum absolute atomic E-state index is 13.3. The molecule has 2 N–H and O–H groups in total. The molecule has 1 atom stereocenters. The Labute approximate surface area is 208 Å². The van der Waals surface area contributed by atoms with Gasteiger partial charge in [0, 0.05) is 18.7 Å². The van der Waals surface area contributed by atoms with Crippen LogP contribution in [0.2, 0.25) is 0 Å². The van der Waals surface area contributed by atoms with E-state index < -0.39 is 17.7 Å². The number of hydrogen-bond donors (Lipinski definition) is 2. The van der Waals surface area contributed by atoms with Crippen molar-refractivity contribution >= 4 is 33.4 Å². The number of Topliss-reactive ketones (excluding diaryl/α,β-unsaturated/α-hetero) is 1. The molecule has 0 radical (unpaired) electrons. The van der Waals surface area contributed by atoms with Gasteiger partial charge in [0.2, 0.25) is 0 Å². The first-order valence-electron chi connectivity index (χ1n) is 11.3. The molecule has 1 fully saturated rings. The molecule has 1 aliphatic rings. The Kier molecular flexibility index (Phi) is 8.05. The van der Waals surface area contributed by atoms with Crippen LogP contribution in [0.5, 0.6) is 11.5 Å². The van der Waals surface area contributed by atoms with Gasteiger partial charge in [0.05, 0.1) is 23.2 Å². The quantitative estimate of drug-likeness (QED) is 0.295. The summed E-state index contributed by atoms with van der Waals surface area (Å²) in [6.07, 6.45) is 0. The molecule has 34 heavy (non-hydrogen) atoms. The number of aliphatic hydroxyl groups excluding tert-OH is 1. The number of aromatic hydroxyl groups is 1. The van der Waals surface area contributed by atoms with Crippen LogP contribution >= 0.6 is 15.9 Å². The number of amides is 1. The monoisotopic (exact) mass is 530 g/mol. The molecule has 1 unspecified atom stereocenters. The lowest BCUT2D eigenvalue weighted by atomic mass is 9.93. The second-order valence-electron chi connectivity index (χ2n) is 8.39. The van der Waals surface area contributed by atoms with Crippen molar-refractivity contribution < 1.29 is 24.5 Å². The summed E-state index contributed by atoms with van der Waals surface area (Å²) in [6.45, 7) is 10.3. The van der Waals surface area contributed by atoms with Crippen LogP contribution in [-0.4, -0.2) is 65.0 Å². The van der Waals surface area contributed by atoms with E-state index >= 15 is 0 Å². The standard InChI is InChI=1S/C26H31BrN2O5/c1-6-28(7-2)10-11-29-22(17-13-19(27)24(31)20(14-17)34-5)21(25(32)26(29)33)23(30)18-12-15(3)8-9-16(18)4/h8-9,12-14,22,30-31H,6-7,10-11H2,1-5H3. The number of benzene rings is 2. The fourth-order valence-electron chi connectivity index (χ4n) is 4.29. The van der Waals surface area contributed by atoms with Crippen molar-refractivity contribution in [1.29, 1.82) is 0 Å². The highest BCUT2D eigenvalue weighted by atomic mass is 79.9. The van der Waals surface area contributed by atoms with Gasteiger partial charge >= 0.3 is 0 Å². The van der Waals surface area contributed by atoms with Gasteiger partial charge in [-0.3, -0.25) is 9.59 Å². The number of carbonyl (C=O) groups excluding carboxylic acids is 2. The smallest absolute Gasteiger partial charge is 0.295 e. The SMILES string of the molecule is CCN(CC)CCN1C(=O)C(=O)C(=C(O)c2cc(C)ccc2C)C1c1cc(Br)c(O)c(OC)c1. The Morgan fingerprint density at radius 3 is 2.44 bits per heavy atom. The Balaban J connectivity index is 2.23. The summed E-state index contributed by atoms with van der Waals surface area (Å²) in [5.41, 5.74) is 2.80. The van der Waals surface area contributed by atoms with E-state index in [-0.39, 0.29) is 22.8 Å². The third-order valence-corrected chi connectivity index (χ3v) is 6.93. The molecule has 0 spiro atoms. The van der Waals surface area contributed by atoms with Crippen molar-refractivity contribution in [3.63, 3.8) is 0 Å². The summed E-state index contributed by atoms with van der Waals surface area (Å²) in [5.74, 6) is -1.48. The third kappa shape index (κ3) is 4.83. The number of aliphatic hydroxyl groups is 1. The van der Waals surface area contributed by atoms with E-state index in [2.05, 4.69) is 20.8 Å². The summed E-state index contributed by atoms with van der Waals surface area (Å²) in [6, 6.07) is 8.01. The predicted molar refractivity (Wildman–Crippen MR) is 135 cm³/mol. The molecule has 0 saturated carbocycles. The van der Waals surface area contributed by atoms with E-state index in [1.165, 1.54) is 12.0 Å². The zero-order chi connectivity index (χ0) is 25.2. The average Bonchev–Trinajstić information content (AvgIpc) is 3.07. The normalized spacial score (nSPS) is 17.6. The largest absolute Gasteiger partial charge is 0.507 e. The molecule has 0 bridgehead atoms. The first-order valence-corrected chi connectivity index (χ1v) is 12.1. The third-order valence-electron chi connectivity index (χ3n) is 6.33. The Morgan fingerprint density at radius 2 is 1.82 bits per heavy atom. The predicted octanol–water partition coefficient (Wildman–Crippen LogP) is 4.54. The van der Waals surface area contributed by atoms with Crippen LogP contribution < -0.4 is 4.74 Å². The number of hydrogen-bond acceptors (Lipinski definition) is 6. The molecule has 0 aliphatic carbocycles. The van der Waals surface area contributed by atoms with Gasteiger partial charge in [0.1, 0.15) is 5.76 Å². The van der Waals surface area contributed by atoms with E-state index in [0.717, 1.165) is 24.2 Å². The number of likely N-dealkylation sites (N-methyl/N-ethyl adjacent to an activating group) is 1. The Morgan fingerprint density at radius 1 is 1.15 bits per heavy atom. The van der Waals surface area contributed by atoms with Crippen molar-refractivity contribution in [3.8, 4) is 11.5 Å². The number of aryl methyl sites for hydroxylation is 2. The van der Waals surface area contributed by atoms with E-state index in [1.54, 1.807) is 18.2 Å². The molecular formula is C26H31BrN2O5. The number of carbonyl (C=O) groups is 2. The Bertz CT molecular complexity index is 1140. The minimum absolute atomic E-state index is 0.0258. The molecule has 3 rings (SSSR count). The van der Waals surface area contributed by atoms with Crippen molar-refractivity contribution in [2.45, 2.75) is 33.7 Å². The number of phenols is 1. The highest BCUT2D eigenvalue weighted by molar-refractivity contribution is 9.10. The summed E-state index contributed by atoms with van der Waals surface area (Å²) in [4.78, 5) is 30.1. The van der Waals surface area contributed by atoms with Crippen molar-refractivity contribution in [2.75, 3.05) is 33.3 Å². The molecule has 1 heterocycles. The second kappa shape index (κ2) is 10.6. The molecule has 8 heteroatoms. The van der Waals surface area contributed by atoms with Crippen LogP contribution in [0.1, 0.15) is 42.1 Å². The van der Waals surface area contributed by atoms with Gasteiger partial charge in [0.25, 0.3) is 11.7 Å². The maximum atomic E-state index is 13.3. The summed E-state index contributed by atoms with van der Waals surface area (Å²) < 4.78 is 5.67. The van der Waals surface area contributed by atoms with Crippen LogP contribution in [0, 0.1) is 13.8 Å². The number of halogens is 1. The summed E-state index contributed by atoms with van der Waals surface area (Å²) in [7, 11) is 1.43. The van der Waals surface area contributed by atoms with Crippen LogP contribution in [-0.2, 0) is 9.59 Å². The van der Waals surface area contributed by atoms with Gasteiger partial charge in [-0.25, -0.2) is 0 Å². The van der Waals surface area contributed by atoms with Gasteiger partial charge in [0.15, 0.2) is 11.5 Å². The minimum Gasteiger partial charge on any atom is -0.507 e. The maximum Gasteiger partial charge on any atom is 0.295 e. The van der Waals surface area contributed by atoms with Gasteiger partial charge in [-0.2, -0.15) is 0 Å². The van der Waals surface area contributed by atoms with Gasteiger partial charge in [-0.05, 0) is 72.2 Å². The molecule has 1 amide bonds. The molecule has 0 aromatic heterocycles. The van der Waals surface area contributed by atoms with E-state index in [1.807, 2.05) is 39.8 Å². The van der Waals surface area contributed by atoms with E-state index in [4.69, 9.17) is 4.74 Å². The molecule has 1 aliphatic heterocycles. The number of phenolic OH excluding ortho intramolecular Hbond substituents is 1. The summed E-state index contributed by atoms with van der Waals surface area (Å²) >= 11 is 3.34.